The Balaban J connectivity index is 1.84. The molecule has 1 fully saturated rings. The zero-order chi connectivity index (χ0) is 20.1. The number of carboxylic acid groups (broad SMARTS) is 1. The van der Waals surface area contributed by atoms with Crippen LogP contribution in [-0.2, 0) is 4.79 Å². The minimum Gasteiger partial charge on any atom is -0.490 e. The average molecular weight is 383 g/mol. The van der Waals surface area contributed by atoms with Crippen LogP contribution in [0.3, 0.4) is 0 Å². The highest BCUT2D eigenvalue weighted by Crippen LogP contribution is 2.35. The van der Waals surface area contributed by atoms with E-state index in [2.05, 4.69) is 0 Å². The van der Waals surface area contributed by atoms with Crippen molar-refractivity contribution in [2.75, 3.05) is 26.3 Å². The average Bonchev–Trinajstić information content (AvgIpc) is 3.15. The fourth-order valence-corrected chi connectivity index (χ4v) is 3.62. The summed E-state index contributed by atoms with van der Waals surface area (Å²) in [6.45, 7) is 5.26. The largest absolute Gasteiger partial charge is 0.490 e. The Bertz CT molecular complexity index is 836. The molecule has 2 aromatic carbocycles. The molecule has 1 saturated heterocycles. The molecular weight excluding hydrogens is 358 g/mol. The van der Waals surface area contributed by atoms with E-state index in [0.29, 0.717) is 36.8 Å². The lowest BCUT2D eigenvalue weighted by molar-refractivity contribution is -0.141. The predicted molar refractivity (Wildman–Crippen MR) is 105 cm³/mol. The van der Waals surface area contributed by atoms with Gasteiger partial charge < -0.3 is 19.5 Å². The third-order valence-electron chi connectivity index (χ3n) is 4.94. The number of aliphatic carboxylic acids is 1. The Morgan fingerprint density at radius 2 is 1.68 bits per heavy atom. The number of carbonyl (C=O) groups is 2. The van der Waals surface area contributed by atoms with Gasteiger partial charge >= 0.3 is 5.97 Å². The summed E-state index contributed by atoms with van der Waals surface area (Å²) in [4.78, 5) is 26.4. The summed E-state index contributed by atoms with van der Waals surface area (Å²) in [7, 11) is 0. The Labute approximate surface area is 164 Å². The van der Waals surface area contributed by atoms with Gasteiger partial charge in [0.05, 0.1) is 19.1 Å². The fourth-order valence-electron chi connectivity index (χ4n) is 3.62. The number of hydrogen-bond donors (Lipinski definition) is 1. The third-order valence-corrected chi connectivity index (χ3v) is 4.94. The Morgan fingerprint density at radius 1 is 1.00 bits per heavy atom. The van der Waals surface area contributed by atoms with Crippen LogP contribution in [0.1, 0.15) is 35.7 Å². The van der Waals surface area contributed by atoms with Gasteiger partial charge in [-0.25, -0.2) is 0 Å². The van der Waals surface area contributed by atoms with Crippen LogP contribution >= 0.6 is 0 Å². The van der Waals surface area contributed by atoms with Crippen molar-refractivity contribution in [2.45, 2.75) is 19.8 Å². The monoisotopic (exact) mass is 383 g/mol. The van der Waals surface area contributed by atoms with Crippen LogP contribution in [0.5, 0.6) is 11.5 Å². The standard InChI is InChI=1S/C22H25NO5/c1-3-27-19-11-10-16(12-20(19)28-4-2)21(24)23-13-17(18(14-23)22(25)26)15-8-6-5-7-9-15/h5-12,17-18H,3-4,13-14H2,1-2H3,(H,25,26)/t17-,18-/m0/s1. The minimum absolute atomic E-state index is 0.185. The molecule has 0 spiro atoms. The van der Waals surface area contributed by atoms with Crippen LogP contribution in [0.25, 0.3) is 0 Å². The van der Waals surface area contributed by atoms with Crippen LogP contribution in [0.4, 0.5) is 0 Å². The van der Waals surface area contributed by atoms with Gasteiger partial charge in [0, 0.05) is 24.6 Å². The van der Waals surface area contributed by atoms with Gasteiger partial charge in [0.2, 0.25) is 0 Å². The number of hydrogen-bond acceptors (Lipinski definition) is 4. The van der Waals surface area contributed by atoms with Gasteiger partial charge in [0.1, 0.15) is 0 Å². The van der Waals surface area contributed by atoms with Gasteiger partial charge in [-0.3, -0.25) is 9.59 Å². The van der Waals surface area contributed by atoms with Crippen LogP contribution in [0.2, 0.25) is 0 Å². The van der Waals surface area contributed by atoms with Crippen molar-refractivity contribution in [2.24, 2.45) is 5.92 Å². The SMILES string of the molecule is CCOc1ccc(C(=O)N2C[C@H](C(=O)O)[C@H](c3ccccc3)C2)cc1OCC. The maximum absolute atomic E-state index is 13.1. The first-order chi connectivity index (χ1) is 13.5. The molecule has 2 atom stereocenters. The predicted octanol–water partition coefficient (Wildman–Crippen LogP) is 3.42. The zero-order valence-corrected chi connectivity index (χ0v) is 16.1. The Kier molecular flexibility index (Phi) is 6.19. The minimum atomic E-state index is -0.883. The van der Waals surface area contributed by atoms with Gasteiger partial charge in [-0.2, -0.15) is 0 Å². The molecule has 28 heavy (non-hydrogen) atoms. The number of carbonyl (C=O) groups excluding carboxylic acids is 1. The van der Waals surface area contributed by atoms with E-state index in [1.165, 1.54) is 0 Å². The van der Waals surface area contributed by atoms with Gasteiger partial charge in [0.15, 0.2) is 11.5 Å². The summed E-state index contributed by atoms with van der Waals surface area (Å²) in [6, 6.07) is 14.6. The highest BCUT2D eigenvalue weighted by atomic mass is 16.5. The number of carboxylic acids is 1. The van der Waals surface area contributed by atoms with Crippen molar-refractivity contribution >= 4 is 11.9 Å². The summed E-state index contributed by atoms with van der Waals surface area (Å²) >= 11 is 0. The van der Waals surface area contributed by atoms with E-state index in [1.807, 2.05) is 44.2 Å². The summed E-state index contributed by atoms with van der Waals surface area (Å²) in [5, 5.41) is 9.65. The first kappa shape index (κ1) is 19.7. The first-order valence-corrected chi connectivity index (χ1v) is 9.51. The number of amides is 1. The summed E-state index contributed by atoms with van der Waals surface area (Å²) in [6.07, 6.45) is 0. The normalized spacial score (nSPS) is 18.7. The van der Waals surface area contributed by atoms with Crippen LogP contribution in [0, 0.1) is 5.92 Å². The highest BCUT2D eigenvalue weighted by Gasteiger charge is 2.40. The Hall–Kier alpha value is -3.02. The molecule has 6 heteroatoms. The van der Waals surface area contributed by atoms with E-state index in [1.54, 1.807) is 23.1 Å². The smallest absolute Gasteiger partial charge is 0.308 e. The van der Waals surface area contributed by atoms with Gasteiger partial charge in [-0.15, -0.1) is 0 Å². The molecule has 3 rings (SSSR count). The van der Waals surface area contributed by atoms with Crippen LogP contribution in [-0.4, -0.2) is 48.2 Å². The van der Waals surface area contributed by atoms with E-state index in [-0.39, 0.29) is 18.4 Å². The van der Waals surface area contributed by atoms with Gasteiger partial charge in [-0.05, 0) is 37.6 Å². The van der Waals surface area contributed by atoms with Gasteiger partial charge in [0.25, 0.3) is 5.91 Å². The second-order valence-electron chi connectivity index (χ2n) is 6.70. The molecule has 1 heterocycles. The van der Waals surface area contributed by atoms with E-state index in [9.17, 15) is 14.7 Å². The van der Waals surface area contributed by atoms with Crippen molar-refractivity contribution in [3.8, 4) is 11.5 Å². The Morgan fingerprint density at radius 3 is 2.32 bits per heavy atom. The van der Waals surface area contributed by atoms with Crippen molar-refractivity contribution in [3.05, 3.63) is 59.7 Å². The molecule has 0 bridgehead atoms. The van der Waals surface area contributed by atoms with E-state index >= 15 is 0 Å². The molecular formula is C22H25NO5. The fraction of sp³-hybridized carbons (Fsp3) is 0.364. The number of benzene rings is 2. The third kappa shape index (κ3) is 4.11. The number of rotatable bonds is 7. The lowest BCUT2D eigenvalue weighted by atomic mass is 9.89. The second kappa shape index (κ2) is 8.78. The molecule has 148 valence electrons. The number of nitrogens with zero attached hydrogens (tertiary/aromatic N) is 1. The van der Waals surface area contributed by atoms with E-state index in [0.717, 1.165) is 5.56 Å². The van der Waals surface area contributed by atoms with Crippen LogP contribution < -0.4 is 9.47 Å². The van der Waals surface area contributed by atoms with Crippen molar-refractivity contribution in [1.82, 2.24) is 4.90 Å². The first-order valence-electron chi connectivity index (χ1n) is 9.51. The highest BCUT2D eigenvalue weighted by molar-refractivity contribution is 5.95. The van der Waals surface area contributed by atoms with Gasteiger partial charge in [-0.1, -0.05) is 30.3 Å². The molecule has 0 radical (unpaired) electrons. The van der Waals surface area contributed by atoms with Crippen molar-refractivity contribution in [1.29, 1.82) is 0 Å². The second-order valence-corrected chi connectivity index (χ2v) is 6.70. The zero-order valence-electron chi connectivity index (χ0n) is 16.1. The molecule has 1 N–H and O–H groups in total. The number of likely N-dealkylation sites (tertiary alicyclic amines) is 1. The number of ether oxygens (including phenoxy) is 2. The molecule has 1 amide bonds. The topological polar surface area (TPSA) is 76.1 Å². The summed E-state index contributed by atoms with van der Waals surface area (Å²) in [5.74, 6) is -0.826. The molecule has 0 saturated carbocycles. The summed E-state index contributed by atoms with van der Waals surface area (Å²) in [5.41, 5.74) is 1.40. The maximum atomic E-state index is 13.1. The lowest BCUT2D eigenvalue weighted by Crippen LogP contribution is -2.30. The van der Waals surface area contributed by atoms with Crippen molar-refractivity contribution in [3.63, 3.8) is 0 Å². The van der Waals surface area contributed by atoms with E-state index in [4.69, 9.17) is 9.47 Å². The summed E-state index contributed by atoms with van der Waals surface area (Å²) < 4.78 is 11.1. The molecule has 0 aliphatic carbocycles. The molecule has 1 aliphatic rings. The molecule has 0 unspecified atom stereocenters. The molecule has 0 aromatic heterocycles. The quantitative estimate of drug-likeness (QED) is 0.793. The molecule has 1 aliphatic heterocycles. The van der Waals surface area contributed by atoms with Crippen molar-refractivity contribution < 1.29 is 24.2 Å². The lowest BCUT2D eigenvalue weighted by Gasteiger charge is -2.18. The molecule has 6 nitrogen and oxygen atoms in total. The van der Waals surface area contributed by atoms with E-state index < -0.39 is 11.9 Å². The molecule has 2 aromatic rings. The maximum Gasteiger partial charge on any atom is 0.308 e. The van der Waals surface area contributed by atoms with Crippen LogP contribution in [0.15, 0.2) is 48.5 Å².